The molecule has 1 aromatic heterocycles. The summed E-state index contributed by atoms with van der Waals surface area (Å²) < 4.78 is 31.8. The molecule has 0 saturated heterocycles. The Hall–Kier alpha value is -3.73. The Labute approximate surface area is 153 Å². The van der Waals surface area contributed by atoms with Crippen LogP contribution in [-0.4, -0.2) is 29.8 Å². The van der Waals surface area contributed by atoms with Crippen molar-refractivity contribution < 1.29 is 18.3 Å². The van der Waals surface area contributed by atoms with E-state index in [0.29, 0.717) is 27.9 Å². The van der Waals surface area contributed by atoms with Crippen LogP contribution in [0.3, 0.4) is 0 Å². The number of ether oxygens (including phenoxy) is 1. The number of fused-ring (bicyclic) bond motifs is 1. The molecule has 27 heavy (non-hydrogen) atoms. The maximum atomic E-state index is 13.3. The van der Waals surface area contributed by atoms with Crippen molar-refractivity contribution in [3.05, 3.63) is 58.8 Å². The molecular formula is C19H14F2N4O2. The zero-order chi connectivity index (χ0) is 19.4. The van der Waals surface area contributed by atoms with Crippen LogP contribution in [0.2, 0.25) is 0 Å². The van der Waals surface area contributed by atoms with Crippen molar-refractivity contribution in [2.45, 2.75) is 0 Å². The molecule has 0 aliphatic heterocycles. The fraction of sp³-hybridized carbons (Fsp3) is 0.105. The molecule has 1 amide bonds. The van der Waals surface area contributed by atoms with Gasteiger partial charge in [0.15, 0.2) is 11.6 Å². The van der Waals surface area contributed by atoms with Gasteiger partial charge < -0.3 is 10.1 Å². The highest BCUT2D eigenvalue weighted by Crippen LogP contribution is 2.32. The van der Waals surface area contributed by atoms with E-state index in [2.05, 4.69) is 15.5 Å². The Morgan fingerprint density at radius 3 is 2.81 bits per heavy atom. The number of benzene rings is 2. The number of carbonyl (C=O) groups is 1. The molecule has 2 N–H and O–H groups in total. The SMILES string of the molecule is COc1c(C(=O)NCC#N)ccc2[nH]nc(/C=C/c3ccc(F)c(F)c3)c12. The molecular weight excluding hydrogens is 354 g/mol. The van der Waals surface area contributed by atoms with Crippen LogP contribution in [0.1, 0.15) is 21.6 Å². The smallest absolute Gasteiger partial charge is 0.255 e. The van der Waals surface area contributed by atoms with Crippen molar-refractivity contribution in [1.82, 2.24) is 15.5 Å². The van der Waals surface area contributed by atoms with Gasteiger partial charge in [-0.15, -0.1) is 0 Å². The molecule has 8 heteroatoms. The number of hydrogen-bond donors (Lipinski definition) is 2. The summed E-state index contributed by atoms with van der Waals surface area (Å²) in [6.07, 6.45) is 3.17. The van der Waals surface area contributed by atoms with Crippen molar-refractivity contribution >= 4 is 29.0 Å². The minimum absolute atomic E-state index is 0.131. The first kappa shape index (κ1) is 18.1. The van der Waals surface area contributed by atoms with Gasteiger partial charge in [0, 0.05) is 0 Å². The van der Waals surface area contributed by atoms with E-state index < -0.39 is 17.5 Å². The Balaban J connectivity index is 2.03. The predicted molar refractivity (Wildman–Crippen MR) is 95.9 cm³/mol. The third-order valence-electron chi connectivity index (χ3n) is 3.86. The van der Waals surface area contributed by atoms with Crippen LogP contribution >= 0.6 is 0 Å². The van der Waals surface area contributed by atoms with E-state index in [4.69, 9.17) is 10.00 Å². The lowest BCUT2D eigenvalue weighted by Crippen LogP contribution is -2.24. The largest absolute Gasteiger partial charge is 0.495 e. The first-order chi connectivity index (χ1) is 13.0. The number of rotatable bonds is 5. The second-order valence-corrected chi connectivity index (χ2v) is 5.53. The molecule has 0 fully saturated rings. The summed E-state index contributed by atoms with van der Waals surface area (Å²) in [6, 6.07) is 8.61. The van der Waals surface area contributed by atoms with E-state index in [1.54, 1.807) is 24.3 Å². The van der Waals surface area contributed by atoms with Crippen molar-refractivity contribution in [3.8, 4) is 11.8 Å². The minimum Gasteiger partial charge on any atom is -0.495 e. The van der Waals surface area contributed by atoms with Crippen LogP contribution in [-0.2, 0) is 0 Å². The highest BCUT2D eigenvalue weighted by molar-refractivity contribution is 6.05. The number of methoxy groups -OCH3 is 1. The molecule has 3 rings (SSSR count). The summed E-state index contributed by atoms with van der Waals surface area (Å²) >= 11 is 0. The topological polar surface area (TPSA) is 90.8 Å². The summed E-state index contributed by atoms with van der Waals surface area (Å²) in [5.41, 5.74) is 1.80. The average Bonchev–Trinajstić information content (AvgIpc) is 3.09. The molecule has 0 bridgehead atoms. The molecule has 0 aliphatic rings. The van der Waals surface area contributed by atoms with Gasteiger partial charge in [-0.25, -0.2) is 8.78 Å². The third-order valence-corrected chi connectivity index (χ3v) is 3.86. The van der Waals surface area contributed by atoms with Crippen LogP contribution in [0.25, 0.3) is 23.1 Å². The molecule has 6 nitrogen and oxygen atoms in total. The number of amides is 1. The lowest BCUT2D eigenvalue weighted by Gasteiger charge is -2.09. The number of aromatic amines is 1. The second kappa shape index (κ2) is 7.66. The monoisotopic (exact) mass is 368 g/mol. The van der Waals surface area contributed by atoms with Crippen LogP contribution in [0.5, 0.6) is 5.75 Å². The van der Waals surface area contributed by atoms with Gasteiger partial charge in [-0.2, -0.15) is 10.4 Å². The lowest BCUT2D eigenvalue weighted by atomic mass is 10.1. The predicted octanol–water partition coefficient (Wildman–Crippen LogP) is 3.27. The number of halogens is 2. The number of hydrogen-bond acceptors (Lipinski definition) is 4. The molecule has 1 heterocycles. The molecule has 0 radical (unpaired) electrons. The van der Waals surface area contributed by atoms with E-state index in [9.17, 15) is 13.6 Å². The maximum absolute atomic E-state index is 13.3. The third kappa shape index (κ3) is 3.62. The van der Waals surface area contributed by atoms with Crippen molar-refractivity contribution in [2.24, 2.45) is 0 Å². The molecule has 0 aliphatic carbocycles. The first-order valence-electron chi connectivity index (χ1n) is 7.88. The Morgan fingerprint density at radius 1 is 1.30 bits per heavy atom. The maximum Gasteiger partial charge on any atom is 0.255 e. The van der Waals surface area contributed by atoms with Gasteiger partial charge in [0.1, 0.15) is 12.3 Å². The van der Waals surface area contributed by atoms with Crippen LogP contribution < -0.4 is 10.1 Å². The second-order valence-electron chi connectivity index (χ2n) is 5.53. The van der Waals surface area contributed by atoms with Gasteiger partial charge >= 0.3 is 0 Å². The quantitative estimate of drug-likeness (QED) is 0.676. The summed E-state index contributed by atoms with van der Waals surface area (Å²) in [5, 5.41) is 18.6. The Kier molecular flexibility index (Phi) is 5.13. The molecule has 0 atom stereocenters. The molecule has 0 saturated carbocycles. The van der Waals surface area contributed by atoms with Crippen molar-refractivity contribution in [2.75, 3.05) is 13.7 Å². The number of aromatic nitrogens is 2. The van der Waals surface area contributed by atoms with E-state index in [0.717, 1.165) is 12.1 Å². The van der Waals surface area contributed by atoms with Gasteiger partial charge in [-0.1, -0.05) is 12.1 Å². The zero-order valence-corrected chi connectivity index (χ0v) is 14.2. The van der Waals surface area contributed by atoms with Gasteiger partial charge in [-0.05, 0) is 35.9 Å². The van der Waals surface area contributed by atoms with Crippen LogP contribution in [0.4, 0.5) is 8.78 Å². The van der Waals surface area contributed by atoms with Gasteiger partial charge in [0.2, 0.25) is 0 Å². The number of carbonyl (C=O) groups excluding carboxylic acids is 1. The van der Waals surface area contributed by atoms with E-state index in [-0.39, 0.29) is 12.1 Å². The van der Waals surface area contributed by atoms with Gasteiger partial charge in [-0.3, -0.25) is 9.89 Å². The Bertz CT molecular complexity index is 1080. The van der Waals surface area contributed by atoms with Crippen LogP contribution in [0.15, 0.2) is 30.3 Å². The number of nitrogens with one attached hydrogen (secondary N) is 2. The highest BCUT2D eigenvalue weighted by Gasteiger charge is 2.18. The normalized spacial score (nSPS) is 10.9. The van der Waals surface area contributed by atoms with E-state index in [1.807, 2.05) is 6.07 Å². The first-order valence-corrected chi connectivity index (χ1v) is 7.88. The number of H-pyrrole nitrogens is 1. The highest BCUT2D eigenvalue weighted by atomic mass is 19.2. The van der Waals surface area contributed by atoms with Crippen LogP contribution in [0, 0.1) is 23.0 Å². The average molecular weight is 368 g/mol. The zero-order valence-electron chi connectivity index (χ0n) is 14.2. The molecule has 0 spiro atoms. The Morgan fingerprint density at radius 2 is 2.11 bits per heavy atom. The van der Waals surface area contributed by atoms with Crippen molar-refractivity contribution in [1.29, 1.82) is 5.26 Å². The summed E-state index contributed by atoms with van der Waals surface area (Å²) in [5.74, 6) is -2.03. The number of nitriles is 1. The minimum atomic E-state index is -0.946. The molecule has 3 aromatic rings. The van der Waals surface area contributed by atoms with E-state index in [1.165, 1.54) is 13.2 Å². The fourth-order valence-electron chi connectivity index (χ4n) is 2.62. The fourth-order valence-corrected chi connectivity index (χ4v) is 2.62. The molecule has 0 unspecified atom stereocenters. The number of nitrogens with zero attached hydrogens (tertiary/aromatic N) is 2. The van der Waals surface area contributed by atoms with Gasteiger partial charge in [0.05, 0.1) is 35.3 Å². The summed E-state index contributed by atoms with van der Waals surface area (Å²) in [7, 11) is 1.42. The standard InChI is InChI=1S/C19H14F2N4O2/c1-27-18-12(19(26)23-9-8-22)4-7-16-17(18)15(24-25-16)6-3-11-2-5-13(20)14(21)10-11/h2-7,10H,9H2,1H3,(H,23,26)(H,24,25)/b6-3+. The van der Waals surface area contributed by atoms with Gasteiger partial charge in [0.25, 0.3) is 5.91 Å². The van der Waals surface area contributed by atoms with E-state index >= 15 is 0 Å². The lowest BCUT2D eigenvalue weighted by molar-refractivity contribution is 0.0955. The summed E-state index contributed by atoms with van der Waals surface area (Å²) in [4.78, 5) is 12.2. The summed E-state index contributed by atoms with van der Waals surface area (Å²) in [6.45, 7) is -0.131. The van der Waals surface area contributed by atoms with Crippen molar-refractivity contribution in [3.63, 3.8) is 0 Å². The molecule has 2 aromatic carbocycles. The molecule has 136 valence electrons.